The van der Waals surface area contributed by atoms with Crippen LogP contribution in [0.5, 0.6) is 0 Å². The fraction of sp³-hybridized carbons (Fsp3) is 0.615. The largest absolute Gasteiger partial charge is 0.385 e. The highest BCUT2D eigenvalue weighted by molar-refractivity contribution is 5.61. The van der Waals surface area contributed by atoms with E-state index in [0.717, 1.165) is 19.1 Å². The molecule has 0 bridgehead atoms. The van der Waals surface area contributed by atoms with E-state index in [2.05, 4.69) is 6.92 Å². The number of unbranched alkanes of at least 4 members (excludes halogenated alkanes) is 3. The van der Waals surface area contributed by atoms with Gasteiger partial charge in [-0.3, -0.25) is 0 Å². The molecule has 0 heterocycles. The predicted octanol–water partition coefficient (Wildman–Crippen LogP) is 2.63. The fourth-order valence-electron chi connectivity index (χ4n) is 1.93. The summed E-state index contributed by atoms with van der Waals surface area (Å²) >= 11 is 0. The van der Waals surface area contributed by atoms with Crippen LogP contribution in [0.1, 0.15) is 39.0 Å². The van der Waals surface area contributed by atoms with E-state index in [1.54, 1.807) is 12.2 Å². The molecule has 1 aliphatic rings. The van der Waals surface area contributed by atoms with Crippen LogP contribution in [0.3, 0.4) is 0 Å². The minimum absolute atomic E-state index is 0.371. The van der Waals surface area contributed by atoms with E-state index in [9.17, 15) is 9.90 Å². The summed E-state index contributed by atoms with van der Waals surface area (Å²) in [6.45, 7) is 2.16. The lowest BCUT2D eigenvalue weighted by Crippen LogP contribution is -2.36. The van der Waals surface area contributed by atoms with Crippen molar-refractivity contribution in [1.82, 2.24) is 0 Å². The third kappa shape index (κ3) is 3.31. The second kappa shape index (κ2) is 5.86. The molecule has 0 amide bonds. The molecular formula is C13H20O2. The Morgan fingerprint density at radius 1 is 1.33 bits per heavy atom. The van der Waals surface area contributed by atoms with Crippen LogP contribution in [0, 0.1) is 5.92 Å². The van der Waals surface area contributed by atoms with Gasteiger partial charge >= 0.3 is 0 Å². The van der Waals surface area contributed by atoms with Crippen LogP contribution in [0.2, 0.25) is 0 Å². The summed E-state index contributed by atoms with van der Waals surface area (Å²) in [6.07, 6.45) is 13.2. The minimum atomic E-state index is -0.940. The van der Waals surface area contributed by atoms with E-state index in [0.29, 0.717) is 6.42 Å². The molecule has 0 aromatic heterocycles. The van der Waals surface area contributed by atoms with Gasteiger partial charge in [0.1, 0.15) is 6.29 Å². The third-order valence-corrected chi connectivity index (χ3v) is 2.97. The van der Waals surface area contributed by atoms with Crippen molar-refractivity contribution in [2.45, 2.75) is 44.6 Å². The Kier molecular flexibility index (Phi) is 4.76. The molecule has 2 unspecified atom stereocenters. The van der Waals surface area contributed by atoms with E-state index in [-0.39, 0.29) is 5.92 Å². The predicted molar refractivity (Wildman–Crippen MR) is 61.5 cm³/mol. The first-order valence-electron chi connectivity index (χ1n) is 5.76. The van der Waals surface area contributed by atoms with Gasteiger partial charge in [0.05, 0.1) is 11.5 Å². The first-order chi connectivity index (χ1) is 7.23. The molecule has 0 aromatic carbocycles. The number of carbonyl (C=O) groups is 1. The number of rotatable bonds is 6. The van der Waals surface area contributed by atoms with E-state index < -0.39 is 5.60 Å². The van der Waals surface area contributed by atoms with Crippen molar-refractivity contribution in [1.29, 1.82) is 0 Å². The number of aldehydes is 1. The topological polar surface area (TPSA) is 37.3 Å². The maximum absolute atomic E-state index is 10.8. The lowest BCUT2D eigenvalue weighted by Gasteiger charge is -2.30. The Hall–Kier alpha value is -0.890. The second-order valence-corrected chi connectivity index (χ2v) is 4.21. The molecule has 84 valence electrons. The Bertz CT molecular complexity index is 255. The monoisotopic (exact) mass is 208 g/mol. The summed E-state index contributed by atoms with van der Waals surface area (Å²) in [5.74, 6) is -0.371. The summed E-state index contributed by atoms with van der Waals surface area (Å²) < 4.78 is 0. The lowest BCUT2D eigenvalue weighted by atomic mass is 9.81. The van der Waals surface area contributed by atoms with Crippen molar-refractivity contribution < 1.29 is 9.90 Å². The van der Waals surface area contributed by atoms with Crippen molar-refractivity contribution in [2.75, 3.05) is 0 Å². The lowest BCUT2D eigenvalue weighted by molar-refractivity contribution is -0.115. The Morgan fingerprint density at radius 2 is 2.13 bits per heavy atom. The highest BCUT2D eigenvalue weighted by atomic mass is 16.3. The third-order valence-electron chi connectivity index (χ3n) is 2.97. The van der Waals surface area contributed by atoms with Crippen molar-refractivity contribution in [3.63, 3.8) is 0 Å². The van der Waals surface area contributed by atoms with Gasteiger partial charge < -0.3 is 9.90 Å². The van der Waals surface area contributed by atoms with Gasteiger partial charge in [0, 0.05) is 0 Å². The maximum atomic E-state index is 10.8. The molecule has 0 aliphatic heterocycles. The minimum Gasteiger partial charge on any atom is -0.385 e. The van der Waals surface area contributed by atoms with Gasteiger partial charge in [0.2, 0.25) is 0 Å². The van der Waals surface area contributed by atoms with Crippen molar-refractivity contribution >= 4 is 6.29 Å². The number of hydrogen-bond donors (Lipinski definition) is 1. The summed E-state index contributed by atoms with van der Waals surface area (Å²) in [4.78, 5) is 10.8. The standard InChI is InChI=1S/C13H20O2/c1-2-3-4-6-9-13(15)10-7-5-8-12(13)11-14/h5,7-8,10-12,15H,2-4,6,9H2,1H3. The summed E-state index contributed by atoms with van der Waals surface area (Å²) in [5.41, 5.74) is -0.940. The van der Waals surface area contributed by atoms with Crippen LogP contribution in [-0.2, 0) is 4.79 Å². The Morgan fingerprint density at radius 3 is 2.80 bits per heavy atom. The van der Waals surface area contributed by atoms with Gasteiger partial charge in [0.15, 0.2) is 0 Å². The Labute approximate surface area is 91.7 Å². The molecule has 0 spiro atoms. The van der Waals surface area contributed by atoms with E-state index >= 15 is 0 Å². The summed E-state index contributed by atoms with van der Waals surface area (Å²) in [6, 6.07) is 0. The van der Waals surface area contributed by atoms with Crippen LogP contribution < -0.4 is 0 Å². The molecule has 2 nitrogen and oxygen atoms in total. The average Bonchev–Trinajstić information content (AvgIpc) is 2.25. The number of carbonyl (C=O) groups excluding carboxylic acids is 1. The van der Waals surface area contributed by atoms with Gasteiger partial charge in [-0.2, -0.15) is 0 Å². The van der Waals surface area contributed by atoms with Gasteiger partial charge in [-0.25, -0.2) is 0 Å². The van der Waals surface area contributed by atoms with Crippen LogP contribution >= 0.6 is 0 Å². The molecule has 0 radical (unpaired) electrons. The number of allylic oxidation sites excluding steroid dienone is 2. The quantitative estimate of drug-likeness (QED) is 0.538. The molecule has 15 heavy (non-hydrogen) atoms. The van der Waals surface area contributed by atoms with E-state index in [4.69, 9.17) is 0 Å². The van der Waals surface area contributed by atoms with Gasteiger partial charge in [-0.15, -0.1) is 0 Å². The highest BCUT2D eigenvalue weighted by Crippen LogP contribution is 2.28. The maximum Gasteiger partial charge on any atom is 0.130 e. The number of hydrogen-bond acceptors (Lipinski definition) is 2. The zero-order valence-electron chi connectivity index (χ0n) is 9.36. The molecule has 2 heteroatoms. The summed E-state index contributed by atoms with van der Waals surface area (Å²) in [5, 5.41) is 10.3. The van der Waals surface area contributed by atoms with Gasteiger partial charge in [0.25, 0.3) is 0 Å². The molecule has 1 rings (SSSR count). The van der Waals surface area contributed by atoms with Crippen LogP contribution in [-0.4, -0.2) is 17.0 Å². The second-order valence-electron chi connectivity index (χ2n) is 4.21. The molecular weight excluding hydrogens is 188 g/mol. The van der Waals surface area contributed by atoms with Crippen LogP contribution in [0.15, 0.2) is 24.3 Å². The first-order valence-corrected chi connectivity index (χ1v) is 5.76. The van der Waals surface area contributed by atoms with E-state index in [1.165, 1.54) is 12.8 Å². The summed E-state index contributed by atoms with van der Waals surface area (Å²) in [7, 11) is 0. The molecule has 2 atom stereocenters. The Balaban J connectivity index is 2.45. The highest BCUT2D eigenvalue weighted by Gasteiger charge is 2.32. The molecule has 0 saturated heterocycles. The van der Waals surface area contributed by atoms with Crippen molar-refractivity contribution in [2.24, 2.45) is 5.92 Å². The normalized spacial score (nSPS) is 29.3. The molecule has 0 fully saturated rings. The fourth-order valence-corrected chi connectivity index (χ4v) is 1.93. The van der Waals surface area contributed by atoms with Crippen molar-refractivity contribution in [3.05, 3.63) is 24.3 Å². The average molecular weight is 208 g/mol. The zero-order valence-corrected chi connectivity index (χ0v) is 9.36. The van der Waals surface area contributed by atoms with Gasteiger partial charge in [-0.05, 0) is 6.42 Å². The van der Waals surface area contributed by atoms with Gasteiger partial charge in [-0.1, -0.05) is 56.9 Å². The molecule has 1 N–H and O–H groups in total. The first kappa shape index (κ1) is 12.2. The van der Waals surface area contributed by atoms with Crippen LogP contribution in [0.25, 0.3) is 0 Å². The molecule has 1 aliphatic carbocycles. The van der Waals surface area contributed by atoms with Crippen molar-refractivity contribution in [3.8, 4) is 0 Å². The van der Waals surface area contributed by atoms with E-state index in [1.807, 2.05) is 12.2 Å². The molecule has 0 aromatic rings. The smallest absolute Gasteiger partial charge is 0.130 e. The zero-order chi connectivity index (χ0) is 11.1. The SMILES string of the molecule is CCCCCCC1(O)C=CC=CC1C=O. The van der Waals surface area contributed by atoms with Crippen LogP contribution in [0.4, 0.5) is 0 Å². The molecule has 0 saturated carbocycles. The number of aliphatic hydroxyl groups is 1.